The zero-order valence-electron chi connectivity index (χ0n) is 20.4. The third-order valence-electron chi connectivity index (χ3n) is 5.92. The first kappa shape index (κ1) is 24.5. The molecule has 1 fully saturated rings. The van der Waals surface area contributed by atoms with Crippen LogP contribution in [0.25, 0.3) is 6.08 Å². The van der Waals surface area contributed by atoms with E-state index < -0.39 is 0 Å². The Morgan fingerprint density at radius 1 is 1.15 bits per heavy atom. The Hall–Kier alpha value is -3.18. The van der Waals surface area contributed by atoms with Crippen molar-refractivity contribution in [1.29, 1.82) is 0 Å². The van der Waals surface area contributed by atoms with Crippen LogP contribution in [0.15, 0.2) is 71.4 Å². The first-order valence-corrected chi connectivity index (χ1v) is 12.1. The van der Waals surface area contributed by atoms with Crippen molar-refractivity contribution in [2.24, 2.45) is 0 Å². The number of fused-ring (bicyclic) bond motifs is 1. The maximum atomic E-state index is 3.77. The van der Waals surface area contributed by atoms with Crippen molar-refractivity contribution in [1.82, 2.24) is 15.5 Å². The van der Waals surface area contributed by atoms with Gasteiger partial charge in [0.2, 0.25) is 0 Å². The molecule has 172 valence electrons. The van der Waals surface area contributed by atoms with Crippen LogP contribution in [0.5, 0.6) is 0 Å². The van der Waals surface area contributed by atoms with Crippen molar-refractivity contribution >= 4 is 11.8 Å². The second-order valence-corrected chi connectivity index (χ2v) is 8.05. The lowest BCUT2D eigenvalue weighted by molar-refractivity contribution is 0.234. The van der Waals surface area contributed by atoms with Crippen molar-refractivity contribution in [3.63, 3.8) is 0 Å². The summed E-state index contributed by atoms with van der Waals surface area (Å²) in [7, 11) is 2.20. The highest BCUT2D eigenvalue weighted by atomic mass is 15.1. The van der Waals surface area contributed by atoms with Crippen molar-refractivity contribution < 1.29 is 0 Å². The topological polar surface area (TPSA) is 30.5 Å². The van der Waals surface area contributed by atoms with Crippen LogP contribution in [0, 0.1) is 12.0 Å². The maximum absolute atomic E-state index is 3.77. The van der Waals surface area contributed by atoms with Gasteiger partial charge in [0.05, 0.1) is 5.69 Å². The average molecular weight is 441 g/mol. The number of hydrogen-bond acceptors (Lipinski definition) is 4. The van der Waals surface area contributed by atoms with Crippen LogP contribution >= 0.6 is 0 Å². The molecule has 3 aliphatic rings. The van der Waals surface area contributed by atoms with Crippen molar-refractivity contribution in [2.75, 3.05) is 31.6 Å². The number of anilines is 1. The molecule has 4 nitrogen and oxygen atoms in total. The number of nitrogens with zero attached hydrogens (tertiary/aromatic N) is 2. The number of nitrogens with one attached hydrogen (secondary N) is 2. The molecule has 0 saturated carbocycles. The molecule has 0 unspecified atom stereocenters. The van der Waals surface area contributed by atoms with Gasteiger partial charge in [-0.15, -0.1) is 5.73 Å². The molecule has 1 aliphatic carbocycles. The van der Waals surface area contributed by atoms with E-state index >= 15 is 0 Å². The van der Waals surface area contributed by atoms with Gasteiger partial charge in [-0.25, -0.2) is 0 Å². The van der Waals surface area contributed by atoms with E-state index in [0.717, 1.165) is 24.5 Å². The van der Waals surface area contributed by atoms with E-state index in [1.54, 1.807) is 0 Å². The van der Waals surface area contributed by atoms with Gasteiger partial charge in [0.15, 0.2) is 0 Å². The minimum atomic E-state index is 0.599. The summed E-state index contributed by atoms with van der Waals surface area (Å²) in [6, 6.07) is 10.2. The molecule has 0 radical (unpaired) electrons. The van der Waals surface area contributed by atoms with Gasteiger partial charge in [-0.2, -0.15) is 0 Å². The Labute approximate surface area is 199 Å². The lowest BCUT2D eigenvalue weighted by Gasteiger charge is -2.30. The van der Waals surface area contributed by atoms with Gasteiger partial charge in [0.25, 0.3) is 0 Å². The first-order chi connectivity index (χ1) is 16.2. The van der Waals surface area contributed by atoms with E-state index in [4.69, 9.17) is 0 Å². The normalized spacial score (nSPS) is 17.2. The van der Waals surface area contributed by atoms with E-state index in [2.05, 4.69) is 82.1 Å². The summed E-state index contributed by atoms with van der Waals surface area (Å²) in [6.45, 7) is 10.2. The van der Waals surface area contributed by atoms with Gasteiger partial charge < -0.3 is 20.4 Å². The van der Waals surface area contributed by atoms with Gasteiger partial charge >= 0.3 is 0 Å². The first-order valence-electron chi connectivity index (χ1n) is 12.1. The summed E-state index contributed by atoms with van der Waals surface area (Å²) in [5, 5.41) is 6.92. The van der Waals surface area contributed by atoms with E-state index in [1.807, 2.05) is 44.2 Å². The second-order valence-electron chi connectivity index (χ2n) is 8.05. The highest BCUT2D eigenvalue weighted by Gasteiger charge is 2.19. The molecular weight excluding hydrogens is 404 g/mol. The lowest BCUT2D eigenvalue weighted by atomic mass is 10.00. The molecule has 1 aromatic rings. The molecule has 1 saturated heterocycles. The van der Waals surface area contributed by atoms with E-state index in [0.29, 0.717) is 6.04 Å². The minimum absolute atomic E-state index is 0.599. The van der Waals surface area contributed by atoms with Gasteiger partial charge in [-0.05, 0) is 87.8 Å². The molecule has 4 heteroatoms. The molecule has 2 aliphatic heterocycles. The predicted octanol–water partition coefficient (Wildman–Crippen LogP) is 4.95. The Balaban J connectivity index is 0.00000149. The summed E-state index contributed by atoms with van der Waals surface area (Å²) in [4.78, 5) is 4.64. The molecule has 0 aromatic heterocycles. The van der Waals surface area contributed by atoms with Crippen molar-refractivity contribution in [2.45, 2.75) is 46.2 Å². The van der Waals surface area contributed by atoms with E-state index in [1.165, 1.54) is 42.7 Å². The molecule has 1 aromatic carbocycles. The Bertz CT molecular complexity index is 1060. The lowest BCUT2D eigenvalue weighted by Crippen LogP contribution is -2.40. The minimum Gasteiger partial charge on any atom is -0.328 e. The number of hydrogen-bond donors (Lipinski definition) is 2. The fourth-order valence-electron chi connectivity index (χ4n) is 4.10. The monoisotopic (exact) mass is 440 g/mol. The molecule has 0 spiro atoms. The Morgan fingerprint density at radius 2 is 1.97 bits per heavy atom. The largest absolute Gasteiger partial charge is 0.328 e. The van der Waals surface area contributed by atoms with Crippen LogP contribution in [0.3, 0.4) is 0 Å². The molecule has 2 N–H and O–H groups in total. The number of likely N-dealkylation sites (tertiary alicyclic amines) is 1. The van der Waals surface area contributed by atoms with Crippen molar-refractivity contribution in [3.05, 3.63) is 82.6 Å². The van der Waals surface area contributed by atoms with Crippen molar-refractivity contribution in [3.8, 4) is 12.0 Å². The molecular formula is C29H36N4. The number of piperidine rings is 1. The molecule has 0 amide bonds. The van der Waals surface area contributed by atoms with Gasteiger partial charge in [-0.1, -0.05) is 37.8 Å². The molecule has 0 atom stereocenters. The third-order valence-corrected chi connectivity index (χ3v) is 5.92. The standard InChI is InChI=1S/C27H30N4.C2H6/c1-3-31-25(15-18-28-23-10-6-4-5-7-11-23)13-14-26-22(9-8-12-27(26)31)21-29-24-16-19-30(2)20-17-24;1-2/h4,6-12,14,24,28-29H,3,16-17,19-21H2,1-2H3;1-2H3. The maximum Gasteiger partial charge on any atom is 0.138 e. The van der Waals surface area contributed by atoms with Crippen LogP contribution < -0.4 is 15.5 Å². The summed E-state index contributed by atoms with van der Waals surface area (Å²) in [6.07, 6.45) is 14.1. The fraction of sp³-hybridized carbons (Fsp3) is 0.379. The summed E-state index contributed by atoms with van der Waals surface area (Å²) < 4.78 is 0. The SMILES string of the molecule is CC.CCN1C(C#CNC2=CC=C=CC=C2)=C=Cc2c(CNC3CCN(C)CC3)cccc21. The molecule has 0 bridgehead atoms. The zero-order chi connectivity index (χ0) is 23.5. The second kappa shape index (κ2) is 12.8. The van der Waals surface area contributed by atoms with Crippen LogP contribution in [0.4, 0.5) is 5.69 Å². The van der Waals surface area contributed by atoms with E-state index in [9.17, 15) is 0 Å². The smallest absolute Gasteiger partial charge is 0.138 e. The highest BCUT2D eigenvalue weighted by Crippen LogP contribution is 2.31. The average Bonchev–Trinajstić information content (AvgIpc) is 3.13. The predicted molar refractivity (Wildman–Crippen MR) is 140 cm³/mol. The molecule has 33 heavy (non-hydrogen) atoms. The summed E-state index contributed by atoms with van der Waals surface area (Å²) in [5.41, 5.74) is 12.1. The van der Waals surface area contributed by atoms with E-state index in [-0.39, 0.29) is 0 Å². The zero-order valence-corrected chi connectivity index (χ0v) is 20.4. The number of allylic oxidation sites excluding steroid dienone is 5. The quantitative estimate of drug-likeness (QED) is 0.385. The summed E-state index contributed by atoms with van der Waals surface area (Å²) >= 11 is 0. The number of benzene rings is 1. The number of rotatable bonds is 5. The van der Waals surface area contributed by atoms with Crippen LogP contribution in [0.2, 0.25) is 0 Å². The Morgan fingerprint density at radius 3 is 2.76 bits per heavy atom. The van der Waals surface area contributed by atoms with Crippen LogP contribution in [-0.2, 0) is 6.54 Å². The highest BCUT2D eigenvalue weighted by molar-refractivity contribution is 5.77. The van der Waals surface area contributed by atoms with Crippen LogP contribution in [-0.4, -0.2) is 37.6 Å². The van der Waals surface area contributed by atoms with Crippen LogP contribution in [0.1, 0.15) is 44.7 Å². The molecule has 2 heterocycles. The van der Waals surface area contributed by atoms with Gasteiger partial charge in [0.1, 0.15) is 5.70 Å². The van der Waals surface area contributed by atoms with Gasteiger partial charge in [0, 0.05) is 36.4 Å². The Kier molecular flexibility index (Phi) is 9.45. The summed E-state index contributed by atoms with van der Waals surface area (Å²) in [5.74, 6) is 3.24. The fourth-order valence-corrected chi connectivity index (χ4v) is 4.10. The molecule has 4 rings (SSSR count). The third kappa shape index (κ3) is 6.65. The van der Waals surface area contributed by atoms with Gasteiger partial charge in [-0.3, -0.25) is 0 Å².